The third-order valence-corrected chi connectivity index (χ3v) is 5.35. The molecule has 1 heterocycles. The van der Waals surface area contributed by atoms with Crippen LogP contribution in [-0.2, 0) is 16.1 Å². The fourth-order valence-corrected chi connectivity index (χ4v) is 4.19. The van der Waals surface area contributed by atoms with E-state index in [-0.39, 0.29) is 24.2 Å². The summed E-state index contributed by atoms with van der Waals surface area (Å²) < 4.78 is 5.81. The lowest BCUT2D eigenvalue weighted by Crippen LogP contribution is -2.44. The van der Waals surface area contributed by atoms with Gasteiger partial charge in [-0.05, 0) is 44.2 Å². The predicted octanol–water partition coefficient (Wildman–Crippen LogP) is 2.75. The number of hydrogen-bond acceptors (Lipinski definition) is 4. The Hall–Kier alpha value is -1.43. The Balaban J connectivity index is 1.61. The van der Waals surface area contributed by atoms with E-state index in [4.69, 9.17) is 10.5 Å². The third kappa shape index (κ3) is 5.03. The lowest BCUT2D eigenvalue weighted by atomic mass is 9.99. The van der Waals surface area contributed by atoms with E-state index >= 15 is 0 Å². The maximum Gasteiger partial charge on any atom is 0.224 e. The molecule has 0 spiro atoms. The summed E-state index contributed by atoms with van der Waals surface area (Å²) in [6.45, 7) is 6.90. The maximum atomic E-state index is 12.5. The fraction of sp³-hybridized carbons (Fsp3) is 0.650. The van der Waals surface area contributed by atoms with E-state index in [0.29, 0.717) is 12.3 Å². The third-order valence-electron chi connectivity index (χ3n) is 5.35. The number of nitrogens with two attached hydrogens (primary N) is 1. The van der Waals surface area contributed by atoms with Crippen molar-refractivity contribution in [2.75, 3.05) is 18.4 Å². The fourth-order valence-electron chi connectivity index (χ4n) is 4.19. The Morgan fingerprint density at radius 3 is 2.64 bits per heavy atom. The molecule has 0 bridgehead atoms. The van der Waals surface area contributed by atoms with Gasteiger partial charge in [-0.25, -0.2) is 0 Å². The summed E-state index contributed by atoms with van der Waals surface area (Å²) in [6, 6.07) is 8.28. The molecule has 4 atom stereocenters. The Bertz CT molecular complexity index is 582. The molecule has 2 aliphatic rings. The predicted molar refractivity (Wildman–Crippen MR) is 100 cm³/mol. The molecule has 25 heavy (non-hydrogen) atoms. The number of morpholine rings is 1. The van der Waals surface area contributed by atoms with Gasteiger partial charge in [0.05, 0.1) is 12.2 Å². The van der Waals surface area contributed by atoms with Crippen molar-refractivity contribution in [2.45, 2.75) is 64.3 Å². The van der Waals surface area contributed by atoms with Crippen LogP contribution in [0, 0.1) is 5.92 Å². The molecule has 0 radical (unpaired) electrons. The van der Waals surface area contributed by atoms with Gasteiger partial charge in [-0.3, -0.25) is 9.69 Å². The zero-order valence-corrected chi connectivity index (χ0v) is 15.4. The molecular weight excluding hydrogens is 314 g/mol. The number of amides is 1. The van der Waals surface area contributed by atoms with Crippen LogP contribution in [0.3, 0.4) is 0 Å². The Morgan fingerprint density at radius 1 is 1.24 bits per heavy atom. The highest BCUT2D eigenvalue weighted by Gasteiger charge is 2.26. The molecule has 2 fully saturated rings. The van der Waals surface area contributed by atoms with E-state index in [2.05, 4.69) is 30.1 Å². The molecule has 1 saturated heterocycles. The van der Waals surface area contributed by atoms with E-state index in [9.17, 15) is 4.79 Å². The van der Waals surface area contributed by atoms with E-state index in [1.54, 1.807) is 0 Å². The van der Waals surface area contributed by atoms with Crippen molar-refractivity contribution in [3.63, 3.8) is 0 Å². The van der Waals surface area contributed by atoms with Gasteiger partial charge in [-0.2, -0.15) is 0 Å². The van der Waals surface area contributed by atoms with Crippen molar-refractivity contribution < 1.29 is 9.53 Å². The Labute approximate surface area is 150 Å². The normalized spacial score (nSPS) is 30.4. The molecule has 1 aliphatic heterocycles. The second kappa shape index (κ2) is 8.30. The number of nitrogens with zero attached hydrogens (tertiary/aromatic N) is 1. The van der Waals surface area contributed by atoms with Gasteiger partial charge >= 0.3 is 0 Å². The van der Waals surface area contributed by atoms with Crippen molar-refractivity contribution in [3.8, 4) is 0 Å². The first kappa shape index (κ1) is 18.4. The van der Waals surface area contributed by atoms with Crippen LogP contribution in [0.2, 0.25) is 0 Å². The van der Waals surface area contributed by atoms with Crippen molar-refractivity contribution in [2.24, 2.45) is 11.7 Å². The lowest BCUT2D eigenvalue weighted by Gasteiger charge is -2.35. The van der Waals surface area contributed by atoms with Crippen molar-refractivity contribution in [1.82, 2.24) is 4.90 Å². The standard InChI is InChI=1S/C20H31N3O2/c1-14-11-23(12-15(2)25-14)13-17-6-3-4-9-19(17)22-20(24)10-16-7-5-8-18(16)21/h3-4,6,9,14-16,18H,5,7-8,10-13,21H2,1-2H3,(H,22,24)/t14?,15?,16-,18+/m0/s1. The molecule has 3 N–H and O–H groups in total. The van der Waals surface area contributed by atoms with Crippen LogP contribution in [0.1, 0.15) is 45.1 Å². The molecule has 1 aromatic carbocycles. The minimum atomic E-state index is 0.0820. The van der Waals surface area contributed by atoms with Crippen LogP contribution in [-0.4, -0.2) is 42.1 Å². The topological polar surface area (TPSA) is 67.6 Å². The van der Waals surface area contributed by atoms with Crippen molar-refractivity contribution in [3.05, 3.63) is 29.8 Å². The van der Waals surface area contributed by atoms with Gasteiger partial charge < -0.3 is 15.8 Å². The van der Waals surface area contributed by atoms with Crippen LogP contribution < -0.4 is 11.1 Å². The number of carbonyl (C=O) groups is 1. The van der Waals surface area contributed by atoms with Crippen molar-refractivity contribution >= 4 is 11.6 Å². The summed E-state index contributed by atoms with van der Waals surface area (Å²) in [6.07, 6.45) is 4.27. The highest BCUT2D eigenvalue weighted by Crippen LogP contribution is 2.27. The molecule has 5 nitrogen and oxygen atoms in total. The SMILES string of the molecule is CC1CN(Cc2ccccc2NC(=O)C[C@@H]2CCC[C@H]2N)CC(C)O1. The van der Waals surface area contributed by atoms with E-state index in [0.717, 1.165) is 50.1 Å². The summed E-state index contributed by atoms with van der Waals surface area (Å²) in [5.41, 5.74) is 8.18. The van der Waals surface area contributed by atoms with E-state index in [1.807, 2.05) is 18.2 Å². The molecular formula is C20H31N3O2. The van der Waals surface area contributed by atoms with Crippen LogP contribution >= 0.6 is 0 Å². The van der Waals surface area contributed by atoms with Crippen LogP contribution in [0.4, 0.5) is 5.69 Å². The molecule has 3 rings (SSSR count). The van der Waals surface area contributed by atoms with Crippen molar-refractivity contribution in [1.29, 1.82) is 0 Å². The highest BCUT2D eigenvalue weighted by atomic mass is 16.5. The monoisotopic (exact) mass is 345 g/mol. The van der Waals surface area contributed by atoms with Crippen LogP contribution in [0.5, 0.6) is 0 Å². The first-order chi connectivity index (χ1) is 12.0. The van der Waals surface area contributed by atoms with Crippen LogP contribution in [0.15, 0.2) is 24.3 Å². The zero-order valence-electron chi connectivity index (χ0n) is 15.4. The first-order valence-electron chi connectivity index (χ1n) is 9.52. The van der Waals surface area contributed by atoms with Gasteiger partial charge in [0, 0.05) is 37.8 Å². The number of hydrogen-bond donors (Lipinski definition) is 2. The smallest absolute Gasteiger partial charge is 0.224 e. The van der Waals surface area contributed by atoms with Gasteiger partial charge in [-0.1, -0.05) is 24.6 Å². The van der Waals surface area contributed by atoms with E-state index < -0.39 is 0 Å². The number of anilines is 1. The highest BCUT2D eigenvalue weighted by molar-refractivity contribution is 5.91. The average Bonchev–Trinajstić information content (AvgIpc) is 2.93. The molecule has 1 aromatic rings. The molecule has 0 aromatic heterocycles. The summed E-state index contributed by atoms with van der Waals surface area (Å²) in [5.74, 6) is 0.409. The molecule has 1 aliphatic carbocycles. The van der Waals surface area contributed by atoms with Gasteiger partial charge in [0.15, 0.2) is 0 Å². The number of para-hydroxylation sites is 1. The van der Waals surface area contributed by atoms with Gasteiger partial charge in [0.1, 0.15) is 0 Å². The summed E-state index contributed by atoms with van der Waals surface area (Å²) in [4.78, 5) is 14.9. The number of carbonyl (C=O) groups excluding carboxylic acids is 1. The number of benzene rings is 1. The number of nitrogens with one attached hydrogen (secondary N) is 1. The minimum absolute atomic E-state index is 0.0820. The zero-order chi connectivity index (χ0) is 17.8. The number of ether oxygens (including phenoxy) is 1. The quantitative estimate of drug-likeness (QED) is 0.861. The summed E-state index contributed by atoms with van der Waals surface area (Å²) >= 11 is 0. The average molecular weight is 345 g/mol. The first-order valence-corrected chi connectivity index (χ1v) is 9.52. The Morgan fingerprint density at radius 2 is 1.96 bits per heavy atom. The maximum absolute atomic E-state index is 12.5. The Kier molecular flexibility index (Phi) is 6.10. The molecule has 1 amide bonds. The summed E-state index contributed by atoms with van der Waals surface area (Å²) in [5, 5.41) is 3.12. The lowest BCUT2D eigenvalue weighted by molar-refractivity contribution is -0.117. The molecule has 5 heteroatoms. The molecule has 138 valence electrons. The second-order valence-corrected chi connectivity index (χ2v) is 7.72. The number of rotatable bonds is 5. The molecule has 1 saturated carbocycles. The largest absolute Gasteiger partial charge is 0.373 e. The minimum Gasteiger partial charge on any atom is -0.373 e. The molecule has 2 unspecified atom stereocenters. The summed E-state index contributed by atoms with van der Waals surface area (Å²) in [7, 11) is 0. The van der Waals surface area contributed by atoms with E-state index in [1.165, 1.54) is 0 Å². The van der Waals surface area contributed by atoms with Gasteiger partial charge in [0.25, 0.3) is 0 Å². The second-order valence-electron chi connectivity index (χ2n) is 7.72. The van der Waals surface area contributed by atoms with Gasteiger partial charge in [0.2, 0.25) is 5.91 Å². The van der Waals surface area contributed by atoms with Crippen LogP contribution in [0.25, 0.3) is 0 Å². The van der Waals surface area contributed by atoms with Gasteiger partial charge in [-0.15, -0.1) is 0 Å².